The Hall–Kier alpha value is -1.73. The maximum atomic E-state index is 13.9. The standard InChI is InChI=1S/C13H13F2N3OS/c1-2-16-7-8-5-9(14)12(10(15)6-8)20-13-17-4-3-11(19)18-13/h3-6,16H,2,7H2,1H3,(H,17,18,19). The molecule has 1 heterocycles. The maximum absolute atomic E-state index is 13.9. The van der Waals surface area contributed by atoms with E-state index in [4.69, 9.17) is 0 Å². The lowest BCUT2D eigenvalue weighted by Crippen LogP contribution is -2.12. The number of nitrogens with one attached hydrogen (secondary N) is 2. The Balaban J connectivity index is 2.26. The number of hydrogen-bond donors (Lipinski definition) is 2. The minimum Gasteiger partial charge on any atom is -0.313 e. The highest BCUT2D eigenvalue weighted by molar-refractivity contribution is 7.99. The first kappa shape index (κ1) is 14.7. The molecule has 0 saturated carbocycles. The first-order valence-electron chi connectivity index (χ1n) is 6.02. The Labute approximate surface area is 118 Å². The molecule has 7 heteroatoms. The lowest BCUT2D eigenvalue weighted by molar-refractivity contribution is 0.534. The summed E-state index contributed by atoms with van der Waals surface area (Å²) in [6, 6.07) is 3.78. The van der Waals surface area contributed by atoms with Crippen molar-refractivity contribution < 1.29 is 8.78 Å². The van der Waals surface area contributed by atoms with Crippen molar-refractivity contribution in [2.24, 2.45) is 0 Å². The summed E-state index contributed by atoms with van der Waals surface area (Å²) >= 11 is 0.750. The highest BCUT2D eigenvalue weighted by atomic mass is 32.2. The molecular weight excluding hydrogens is 284 g/mol. The molecule has 0 aliphatic heterocycles. The summed E-state index contributed by atoms with van der Waals surface area (Å²) in [5.74, 6) is -1.34. The monoisotopic (exact) mass is 297 g/mol. The van der Waals surface area contributed by atoms with Gasteiger partial charge in [-0.1, -0.05) is 6.92 Å². The number of aromatic amines is 1. The summed E-state index contributed by atoms with van der Waals surface area (Å²) < 4.78 is 27.8. The lowest BCUT2D eigenvalue weighted by atomic mass is 10.2. The molecule has 0 atom stereocenters. The summed E-state index contributed by atoms with van der Waals surface area (Å²) in [6.45, 7) is 3.03. The van der Waals surface area contributed by atoms with Gasteiger partial charge in [0.05, 0.1) is 4.90 Å². The summed E-state index contributed by atoms with van der Waals surface area (Å²) in [7, 11) is 0. The van der Waals surface area contributed by atoms with Crippen LogP contribution in [0.2, 0.25) is 0 Å². The fourth-order valence-electron chi connectivity index (χ4n) is 1.58. The van der Waals surface area contributed by atoms with Gasteiger partial charge in [-0.15, -0.1) is 0 Å². The molecule has 0 aliphatic rings. The molecule has 2 N–H and O–H groups in total. The van der Waals surface area contributed by atoms with Crippen LogP contribution in [0, 0.1) is 11.6 Å². The minimum atomic E-state index is -0.672. The SMILES string of the molecule is CCNCc1cc(F)c(Sc2nccc(=O)[nH]2)c(F)c1. The molecular formula is C13H13F2N3OS. The highest BCUT2D eigenvalue weighted by Crippen LogP contribution is 2.30. The quantitative estimate of drug-likeness (QED) is 0.832. The summed E-state index contributed by atoms with van der Waals surface area (Å²) in [5, 5.41) is 3.14. The Kier molecular flexibility index (Phi) is 4.86. The molecule has 0 radical (unpaired) electrons. The first-order valence-corrected chi connectivity index (χ1v) is 6.83. The summed E-state index contributed by atoms with van der Waals surface area (Å²) in [6.07, 6.45) is 1.29. The van der Waals surface area contributed by atoms with Gasteiger partial charge in [0, 0.05) is 18.8 Å². The maximum Gasteiger partial charge on any atom is 0.251 e. The number of nitrogens with zero attached hydrogens (tertiary/aromatic N) is 1. The van der Waals surface area contributed by atoms with Crippen molar-refractivity contribution in [3.8, 4) is 0 Å². The second kappa shape index (κ2) is 6.62. The number of aromatic nitrogens is 2. The van der Waals surface area contributed by atoms with Gasteiger partial charge in [-0.3, -0.25) is 4.79 Å². The van der Waals surface area contributed by atoms with Gasteiger partial charge >= 0.3 is 0 Å². The number of H-pyrrole nitrogens is 1. The highest BCUT2D eigenvalue weighted by Gasteiger charge is 2.13. The van der Waals surface area contributed by atoms with Crippen molar-refractivity contribution in [2.75, 3.05) is 6.54 Å². The van der Waals surface area contributed by atoms with Gasteiger partial charge in [-0.05, 0) is 36.0 Å². The van der Waals surface area contributed by atoms with Crippen molar-refractivity contribution in [3.05, 3.63) is 51.9 Å². The van der Waals surface area contributed by atoms with Gasteiger partial charge < -0.3 is 10.3 Å². The van der Waals surface area contributed by atoms with Crippen LogP contribution in [0.15, 0.2) is 39.2 Å². The Morgan fingerprint density at radius 2 is 2.05 bits per heavy atom. The van der Waals surface area contributed by atoms with E-state index in [0.717, 1.165) is 18.3 Å². The molecule has 0 saturated heterocycles. The number of halogens is 2. The second-order valence-electron chi connectivity index (χ2n) is 4.01. The third-order valence-electron chi connectivity index (χ3n) is 2.48. The Bertz CT molecular complexity index is 637. The molecule has 0 unspecified atom stereocenters. The van der Waals surface area contributed by atoms with Crippen LogP contribution in [0.5, 0.6) is 0 Å². The fourth-order valence-corrected chi connectivity index (χ4v) is 2.35. The van der Waals surface area contributed by atoms with Crippen LogP contribution in [0.25, 0.3) is 0 Å². The zero-order chi connectivity index (χ0) is 14.5. The smallest absolute Gasteiger partial charge is 0.251 e. The van der Waals surface area contributed by atoms with Gasteiger partial charge in [0.25, 0.3) is 5.56 Å². The predicted molar refractivity (Wildman–Crippen MR) is 72.7 cm³/mol. The van der Waals surface area contributed by atoms with E-state index >= 15 is 0 Å². The molecule has 0 amide bonds. The third-order valence-corrected chi connectivity index (χ3v) is 3.48. The van der Waals surface area contributed by atoms with E-state index in [1.54, 1.807) is 0 Å². The molecule has 1 aromatic heterocycles. The Morgan fingerprint density at radius 1 is 1.35 bits per heavy atom. The Morgan fingerprint density at radius 3 is 2.65 bits per heavy atom. The molecule has 4 nitrogen and oxygen atoms in total. The fraction of sp³-hybridized carbons (Fsp3) is 0.231. The van der Waals surface area contributed by atoms with E-state index < -0.39 is 11.6 Å². The zero-order valence-corrected chi connectivity index (χ0v) is 11.6. The van der Waals surface area contributed by atoms with Gasteiger partial charge in [0.15, 0.2) is 5.16 Å². The van der Waals surface area contributed by atoms with E-state index in [0.29, 0.717) is 12.1 Å². The molecule has 20 heavy (non-hydrogen) atoms. The van der Waals surface area contributed by atoms with Crippen LogP contribution in [0.4, 0.5) is 8.78 Å². The molecule has 1 aromatic carbocycles. The minimum absolute atomic E-state index is 0.148. The number of benzene rings is 1. The van der Waals surface area contributed by atoms with Crippen LogP contribution in [0.1, 0.15) is 12.5 Å². The van der Waals surface area contributed by atoms with E-state index in [1.165, 1.54) is 24.4 Å². The molecule has 2 aromatic rings. The third kappa shape index (κ3) is 3.64. The lowest BCUT2D eigenvalue weighted by Gasteiger charge is -2.07. The van der Waals surface area contributed by atoms with Crippen molar-refractivity contribution in [2.45, 2.75) is 23.5 Å². The topological polar surface area (TPSA) is 57.8 Å². The first-order chi connectivity index (χ1) is 9.60. The van der Waals surface area contributed by atoms with E-state index in [9.17, 15) is 13.6 Å². The van der Waals surface area contributed by atoms with Crippen LogP contribution in [-0.4, -0.2) is 16.5 Å². The zero-order valence-electron chi connectivity index (χ0n) is 10.7. The van der Waals surface area contributed by atoms with Crippen LogP contribution in [-0.2, 0) is 6.54 Å². The van der Waals surface area contributed by atoms with Gasteiger partial charge in [0.2, 0.25) is 0 Å². The molecule has 0 bridgehead atoms. The van der Waals surface area contributed by atoms with Crippen LogP contribution >= 0.6 is 11.8 Å². The summed E-state index contributed by atoms with van der Waals surface area (Å²) in [4.78, 5) is 17.2. The van der Waals surface area contributed by atoms with Gasteiger partial charge in [0.1, 0.15) is 11.6 Å². The molecule has 0 spiro atoms. The van der Waals surface area contributed by atoms with E-state index in [2.05, 4.69) is 15.3 Å². The van der Waals surface area contributed by atoms with Crippen LogP contribution in [0.3, 0.4) is 0 Å². The largest absolute Gasteiger partial charge is 0.313 e. The second-order valence-corrected chi connectivity index (χ2v) is 5.01. The van der Waals surface area contributed by atoms with E-state index in [-0.39, 0.29) is 15.6 Å². The van der Waals surface area contributed by atoms with Gasteiger partial charge in [-0.2, -0.15) is 0 Å². The molecule has 0 aliphatic carbocycles. The average molecular weight is 297 g/mol. The van der Waals surface area contributed by atoms with Crippen molar-refractivity contribution in [1.82, 2.24) is 15.3 Å². The molecule has 2 rings (SSSR count). The average Bonchev–Trinajstić information content (AvgIpc) is 2.40. The normalized spacial score (nSPS) is 10.8. The van der Waals surface area contributed by atoms with Crippen molar-refractivity contribution in [1.29, 1.82) is 0 Å². The number of rotatable bonds is 5. The number of hydrogen-bond acceptors (Lipinski definition) is 4. The van der Waals surface area contributed by atoms with Crippen molar-refractivity contribution >= 4 is 11.8 Å². The van der Waals surface area contributed by atoms with Gasteiger partial charge in [-0.25, -0.2) is 13.8 Å². The van der Waals surface area contributed by atoms with Crippen molar-refractivity contribution in [3.63, 3.8) is 0 Å². The predicted octanol–water partition coefficient (Wildman–Crippen LogP) is 2.31. The molecule has 0 fully saturated rings. The van der Waals surface area contributed by atoms with E-state index in [1.807, 2.05) is 6.92 Å². The molecule has 106 valence electrons. The summed E-state index contributed by atoms with van der Waals surface area (Å²) in [5.41, 5.74) is 0.160. The van der Waals surface area contributed by atoms with Crippen LogP contribution < -0.4 is 10.9 Å².